The second kappa shape index (κ2) is 9.02. The summed E-state index contributed by atoms with van der Waals surface area (Å²) in [5.74, 6) is 1.33. The second-order valence-electron chi connectivity index (χ2n) is 6.67. The van der Waals surface area contributed by atoms with Crippen LogP contribution in [0.25, 0.3) is 10.2 Å². The molecule has 2 N–H and O–H groups in total. The topological polar surface area (TPSA) is 63.2 Å². The van der Waals surface area contributed by atoms with Crippen molar-refractivity contribution in [2.45, 2.75) is 13.3 Å². The number of rotatable bonds is 5. The van der Waals surface area contributed by atoms with Crippen LogP contribution in [0.3, 0.4) is 0 Å². The Balaban J connectivity index is 1.35. The quantitative estimate of drug-likeness (QED) is 0.410. The Kier molecular flexibility index (Phi) is 6.02. The van der Waals surface area contributed by atoms with Crippen LogP contribution in [-0.4, -0.2) is 16.0 Å². The minimum Gasteiger partial charge on any atom is -0.456 e. The molecule has 0 radical (unpaired) electrons. The molecule has 0 fully saturated rings. The van der Waals surface area contributed by atoms with Crippen LogP contribution in [0.5, 0.6) is 11.5 Å². The van der Waals surface area contributed by atoms with E-state index < -0.39 is 0 Å². The SMILES string of the molecule is Cc1cc2nccc(Oc3ccc(NC(=S)NC(=O)Cc4ccccc4)cc3)c2s1. The van der Waals surface area contributed by atoms with Crippen molar-refractivity contribution in [3.8, 4) is 11.5 Å². The largest absolute Gasteiger partial charge is 0.456 e. The van der Waals surface area contributed by atoms with E-state index in [9.17, 15) is 4.79 Å². The highest BCUT2D eigenvalue weighted by atomic mass is 32.1. The third-order valence-corrected chi connectivity index (χ3v) is 5.56. The number of hydrogen-bond acceptors (Lipinski definition) is 5. The van der Waals surface area contributed by atoms with Gasteiger partial charge in [-0.05, 0) is 55.0 Å². The lowest BCUT2D eigenvalue weighted by Crippen LogP contribution is -2.35. The summed E-state index contributed by atoms with van der Waals surface area (Å²) >= 11 is 6.90. The first-order valence-electron chi connectivity index (χ1n) is 9.35. The van der Waals surface area contributed by atoms with E-state index in [2.05, 4.69) is 22.5 Å². The number of amides is 1. The molecule has 2 aromatic carbocycles. The third-order valence-electron chi connectivity index (χ3n) is 4.30. The Morgan fingerprint density at radius 1 is 1.10 bits per heavy atom. The Labute approximate surface area is 183 Å². The molecule has 30 heavy (non-hydrogen) atoms. The monoisotopic (exact) mass is 433 g/mol. The number of ether oxygens (including phenoxy) is 1. The molecule has 0 saturated carbocycles. The lowest BCUT2D eigenvalue weighted by molar-refractivity contribution is -0.119. The van der Waals surface area contributed by atoms with Crippen molar-refractivity contribution >= 4 is 50.5 Å². The smallest absolute Gasteiger partial charge is 0.230 e. The molecule has 150 valence electrons. The summed E-state index contributed by atoms with van der Waals surface area (Å²) in [5.41, 5.74) is 2.63. The van der Waals surface area contributed by atoms with E-state index >= 15 is 0 Å². The highest BCUT2D eigenvalue weighted by Gasteiger charge is 2.09. The van der Waals surface area contributed by atoms with Crippen LogP contribution in [-0.2, 0) is 11.2 Å². The molecular weight excluding hydrogens is 414 g/mol. The van der Waals surface area contributed by atoms with Crippen LogP contribution in [0, 0.1) is 6.92 Å². The highest BCUT2D eigenvalue weighted by Crippen LogP contribution is 2.34. The van der Waals surface area contributed by atoms with Crippen LogP contribution in [0.2, 0.25) is 0 Å². The van der Waals surface area contributed by atoms with Gasteiger partial charge in [-0.2, -0.15) is 0 Å². The Bertz CT molecular complexity index is 1190. The number of fused-ring (bicyclic) bond motifs is 1. The van der Waals surface area contributed by atoms with E-state index in [0.29, 0.717) is 5.75 Å². The van der Waals surface area contributed by atoms with E-state index in [1.165, 1.54) is 4.88 Å². The number of anilines is 1. The molecule has 2 aromatic heterocycles. The van der Waals surface area contributed by atoms with Crippen LogP contribution in [0.15, 0.2) is 72.9 Å². The van der Waals surface area contributed by atoms with Gasteiger partial charge in [-0.15, -0.1) is 11.3 Å². The summed E-state index contributed by atoms with van der Waals surface area (Å²) in [4.78, 5) is 17.7. The molecule has 0 aliphatic rings. The van der Waals surface area contributed by atoms with E-state index in [1.54, 1.807) is 17.5 Å². The van der Waals surface area contributed by atoms with E-state index in [1.807, 2.05) is 66.7 Å². The van der Waals surface area contributed by atoms with Gasteiger partial charge in [0.25, 0.3) is 0 Å². The molecule has 2 heterocycles. The van der Waals surface area contributed by atoms with Crippen molar-refractivity contribution in [2.75, 3.05) is 5.32 Å². The predicted molar refractivity (Wildman–Crippen MR) is 125 cm³/mol. The van der Waals surface area contributed by atoms with Gasteiger partial charge in [-0.25, -0.2) is 0 Å². The minimum atomic E-state index is -0.161. The molecule has 4 rings (SSSR count). The number of thiophene rings is 1. The summed E-state index contributed by atoms with van der Waals surface area (Å²) in [6.07, 6.45) is 2.02. The highest BCUT2D eigenvalue weighted by molar-refractivity contribution is 7.80. The number of hydrogen-bond donors (Lipinski definition) is 2. The zero-order chi connectivity index (χ0) is 20.9. The number of carbonyl (C=O) groups excluding carboxylic acids is 1. The minimum absolute atomic E-state index is 0.161. The zero-order valence-corrected chi connectivity index (χ0v) is 17.8. The summed E-state index contributed by atoms with van der Waals surface area (Å²) in [7, 11) is 0. The molecule has 0 unspecified atom stereocenters. The van der Waals surface area contributed by atoms with Crippen molar-refractivity contribution < 1.29 is 9.53 Å². The molecule has 0 saturated heterocycles. The lowest BCUT2D eigenvalue weighted by atomic mass is 10.1. The van der Waals surface area contributed by atoms with Crippen molar-refractivity contribution in [1.82, 2.24) is 10.3 Å². The van der Waals surface area contributed by atoms with Gasteiger partial charge in [0, 0.05) is 22.8 Å². The first kappa shape index (κ1) is 20.0. The summed E-state index contributed by atoms with van der Waals surface area (Å²) < 4.78 is 7.06. The number of thiocarbonyl (C=S) groups is 1. The Morgan fingerprint density at radius 3 is 2.63 bits per heavy atom. The molecule has 0 atom stereocenters. The van der Waals surface area contributed by atoms with Gasteiger partial charge in [0.05, 0.1) is 16.6 Å². The molecule has 4 aromatic rings. The maximum absolute atomic E-state index is 12.1. The average Bonchev–Trinajstić information content (AvgIpc) is 3.11. The number of carbonyl (C=O) groups is 1. The average molecular weight is 434 g/mol. The Morgan fingerprint density at radius 2 is 1.87 bits per heavy atom. The number of benzene rings is 2. The zero-order valence-electron chi connectivity index (χ0n) is 16.2. The van der Waals surface area contributed by atoms with E-state index in [-0.39, 0.29) is 17.4 Å². The molecule has 0 bridgehead atoms. The van der Waals surface area contributed by atoms with Crippen molar-refractivity contribution in [2.24, 2.45) is 0 Å². The predicted octanol–water partition coefficient (Wildman–Crippen LogP) is 5.45. The van der Waals surface area contributed by atoms with Crippen LogP contribution >= 0.6 is 23.6 Å². The van der Waals surface area contributed by atoms with Crippen LogP contribution in [0.1, 0.15) is 10.4 Å². The van der Waals surface area contributed by atoms with Crippen molar-refractivity contribution in [1.29, 1.82) is 0 Å². The van der Waals surface area contributed by atoms with Gasteiger partial charge in [0.1, 0.15) is 11.5 Å². The maximum Gasteiger partial charge on any atom is 0.230 e. The number of aromatic nitrogens is 1. The normalized spacial score (nSPS) is 10.6. The summed E-state index contributed by atoms with van der Waals surface area (Å²) in [6.45, 7) is 2.05. The van der Waals surface area contributed by atoms with Gasteiger partial charge in [-0.3, -0.25) is 9.78 Å². The van der Waals surface area contributed by atoms with Crippen molar-refractivity contribution in [3.63, 3.8) is 0 Å². The fourth-order valence-corrected chi connectivity index (χ4v) is 4.11. The molecule has 0 aliphatic carbocycles. The molecule has 0 spiro atoms. The van der Waals surface area contributed by atoms with Gasteiger partial charge in [0.2, 0.25) is 5.91 Å². The third kappa shape index (κ3) is 5.00. The van der Waals surface area contributed by atoms with Crippen LogP contribution in [0.4, 0.5) is 5.69 Å². The summed E-state index contributed by atoms with van der Waals surface area (Å²) in [6, 6.07) is 20.8. The molecular formula is C23H19N3O2S2. The molecule has 7 heteroatoms. The second-order valence-corrected chi connectivity index (χ2v) is 8.34. The Hall–Kier alpha value is -3.29. The number of nitrogens with zero attached hydrogens (tertiary/aromatic N) is 1. The first-order valence-corrected chi connectivity index (χ1v) is 10.6. The fraction of sp³-hybridized carbons (Fsp3) is 0.0870. The summed E-state index contributed by atoms with van der Waals surface area (Å²) in [5, 5.41) is 5.98. The molecule has 5 nitrogen and oxygen atoms in total. The molecule has 0 aliphatic heterocycles. The molecule has 1 amide bonds. The number of nitrogens with one attached hydrogen (secondary N) is 2. The maximum atomic E-state index is 12.1. The van der Waals surface area contributed by atoms with E-state index in [4.69, 9.17) is 17.0 Å². The van der Waals surface area contributed by atoms with Gasteiger partial charge >= 0.3 is 0 Å². The number of aryl methyl sites for hydroxylation is 1. The van der Waals surface area contributed by atoms with Crippen molar-refractivity contribution in [3.05, 3.63) is 83.4 Å². The first-order chi connectivity index (χ1) is 14.6. The van der Waals surface area contributed by atoms with Gasteiger partial charge in [-0.1, -0.05) is 30.3 Å². The van der Waals surface area contributed by atoms with Crippen LogP contribution < -0.4 is 15.4 Å². The van der Waals surface area contributed by atoms with Gasteiger partial charge in [0.15, 0.2) is 5.11 Å². The number of pyridine rings is 1. The van der Waals surface area contributed by atoms with E-state index in [0.717, 1.165) is 27.2 Å². The fourth-order valence-electron chi connectivity index (χ4n) is 2.96. The standard InChI is InChI=1S/C23H19N3O2S2/c1-15-13-19-22(30-15)20(11-12-24-19)28-18-9-7-17(8-10-18)25-23(29)26-21(27)14-16-5-3-2-4-6-16/h2-13H,14H2,1H3,(H2,25,26,27,29). The lowest BCUT2D eigenvalue weighted by Gasteiger charge is -2.11. The van der Waals surface area contributed by atoms with Gasteiger partial charge < -0.3 is 15.4 Å².